The lowest BCUT2D eigenvalue weighted by Gasteiger charge is -2.40. The van der Waals surface area contributed by atoms with Gasteiger partial charge in [0, 0.05) is 19.6 Å². The Bertz CT molecular complexity index is 367. The van der Waals surface area contributed by atoms with E-state index < -0.39 is 5.97 Å². The Morgan fingerprint density at radius 2 is 1.95 bits per heavy atom. The van der Waals surface area contributed by atoms with Crippen LogP contribution >= 0.6 is 0 Å². The van der Waals surface area contributed by atoms with Crippen LogP contribution in [-0.4, -0.2) is 65.8 Å². The third kappa shape index (κ3) is 4.33. The average molecular weight is 298 g/mol. The van der Waals surface area contributed by atoms with E-state index in [0.717, 1.165) is 31.8 Å². The van der Waals surface area contributed by atoms with E-state index in [1.54, 1.807) is 4.90 Å². The fraction of sp³-hybridized carbons (Fsp3) is 0.867. The third-order valence-electron chi connectivity index (χ3n) is 4.47. The number of urea groups is 1. The molecule has 2 amide bonds. The second-order valence-electron chi connectivity index (χ2n) is 6.02. The number of likely N-dealkylation sites (tertiary alicyclic amines) is 1. The number of hydrogen-bond donors (Lipinski definition) is 1. The van der Waals surface area contributed by atoms with Gasteiger partial charge in [-0.25, -0.2) is 4.79 Å². The molecule has 120 valence electrons. The molecule has 0 radical (unpaired) electrons. The maximum Gasteiger partial charge on any atom is 0.320 e. The number of carbonyl (C=O) groups is 2. The Labute approximate surface area is 126 Å². The molecule has 2 heterocycles. The van der Waals surface area contributed by atoms with Crippen LogP contribution in [0.3, 0.4) is 0 Å². The van der Waals surface area contributed by atoms with Crippen LogP contribution in [0, 0.1) is 5.92 Å². The summed E-state index contributed by atoms with van der Waals surface area (Å²) in [5.74, 6) is -0.150. The molecule has 0 aromatic carbocycles. The molecule has 2 aliphatic rings. The SMILES string of the molecule is CCCC1CCN(C(=O)N2CCOCC2CC(=O)O)CC1. The van der Waals surface area contributed by atoms with Crippen LogP contribution in [-0.2, 0) is 9.53 Å². The molecule has 0 spiro atoms. The van der Waals surface area contributed by atoms with Gasteiger partial charge in [0.25, 0.3) is 0 Å². The number of morpholine rings is 1. The van der Waals surface area contributed by atoms with Gasteiger partial charge in [0.15, 0.2) is 0 Å². The Morgan fingerprint density at radius 3 is 2.57 bits per heavy atom. The molecule has 1 N–H and O–H groups in total. The second kappa shape index (κ2) is 7.64. The van der Waals surface area contributed by atoms with Crippen LogP contribution < -0.4 is 0 Å². The number of carboxylic acids is 1. The molecule has 0 aromatic rings. The van der Waals surface area contributed by atoms with Crippen LogP contribution in [0.15, 0.2) is 0 Å². The minimum atomic E-state index is -0.884. The maximum absolute atomic E-state index is 12.6. The highest BCUT2D eigenvalue weighted by Crippen LogP contribution is 2.23. The highest BCUT2D eigenvalue weighted by atomic mass is 16.5. The lowest BCUT2D eigenvalue weighted by atomic mass is 9.92. The Kier molecular flexibility index (Phi) is 5.85. The van der Waals surface area contributed by atoms with Crippen LogP contribution in [0.5, 0.6) is 0 Å². The molecule has 2 aliphatic heterocycles. The maximum atomic E-state index is 12.6. The lowest BCUT2D eigenvalue weighted by Crippen LogP contribution is -2.55. The first-order valence-corrected chi connectivity index (χ1v) is 7.97. The standard InChI is InChI=1S/C15H26N2O4/c1-2-3-12-4-6-16(7-5-12)15(20)17-8-9-21-11-13(17)10-14(18)19/h12-13H,2-11H2,1H3,(H,18,19). The van der Waals surface area contributed by atoms with E-state index in [0.29, 0.717) is 19.8 Å². The molecular formula is C15H26N2O4. The summed E-state index contributed by atoms with van der Waals surface area (Å²) in [6.07, 6.45) is 4.52. The molecule has 2 rings (SSSR count). The van der Waals surface area contributed by atoms with Gasteiger partial charge in [0.05, 0.1) is 25.7 Å². The molecule has 0 saturated carbocycles. The van der Waals surface area contributed by atoms with Gasteiger partial charge in [-0.1, -0.05) is 19.8 Å². The fourth-order valence-corrected chi connectivity index (χ4v) is 3.28. The molecule has 6 nitrogen and oxygen atoms in total. The zero-order valence-corrected chi connectivity index (χ0v) is 12.8. The minimum absolute atomic E-state index is 0.0144. The quantitative estimate of drug-likeness (QED) is 0.859. The van der Waals surface area contributed by atoms with Crippen molar-refractivity contribution in [2.45, 2.75) is 45.1 Å². The van der Waals surface area contributed by atoms with Gasteiger partial charge in [-0.3, -0.25) is 4.79 Å². The first-order chi connectivity index (χ1) is 10.1. The predicted molar refractivity (Wildman–Crippen MR) is 78.2 cm³/mol. The first-order valence-electron chi connectivity index (χ1n) is 7.97. The molecule has 1 unspecified atom stereocenters. The number of carbonyl (C=O) groups excluding carboxylic acids is 1. The molecule has 2 fully saturated rings. The van der Waals surface area contributed by atoms with E-state index in [1.807, 2.05) is 4.90 Å². The number of piperidine rings is 1. The summed E-state index contributed by atoms with van der Waals surface area (Å²) in [6, 6.07) is -0.350. The summed E-state index contributed by atoms with van der Waals surface area (Å²) in [6.45, 7) is 5.09. The number of amides is 2. The molecular weight excluding hydrogens is 272 g/mol. The van der Waals surface area contributed by atoms with Gasteiger partial charge >= 0.3 is 12.0 Å². The van der Waals surface area contributed by atoms with E-state index >= 15 is 0 Å². The third-order valence-corrected chi connectivity index (χ3v) is 4.47. The number of hydrogen-bond acceptors (Lipinski definition) is 3. The number of rotatable bonds is 4. The monoisotopic (exact) mass is 298 g/mol. The van der Waals surface area contributed by atoms with E-state index in [4.69, 9.17) is 9.84 Å². The topological polar surface area (TPSA) is 70.1 Å². The number of nitrogens with zero attached hydrogens (tertiary/aromatic N) is 2. The Morgan fingerprint density at radius 1 is 1.24 bits per heavy atom. The van der Waals surface area contributed by atoms with Crippen LogP contribution in [0.1, 0.15) is 39.0 Å². The predicted octanol–water partition coefficient (Wildman–Crippen LogP) is 1.79. The van der Waals surface area contributed by atoms with Gasteiger partial charge in [0.2, 0.25) is 0 Å². The highest BCUT2D eigenvalue weighted by molar-refractivity contribution is 5.76. The summed E-state index contributed by atoms with van der Waals surface area (Å²) in [5.41, 5.74) is 0. The van der Waals surface area contributed by atoms with Crippen molar-refractivity contribution < 1.29 is 19.4 Å². The molecule has 0 bridgehead atoms. The lowest BCUT2D eigenvalue weighted by molar-refractivity contribution is -0.139. The number of ether oxygens (including phenoxy) is 1. The summed E-state index contributed by atoms with van der Waals surface area (Å²) < 4.78 is 5.32. The van der Waals surface area contributed by atoms with Crippen molar-refractivity contribution in [1.29, 1.82) is 0 Å². The summed E-state index contributed by atoms with van der Waals surface area (Å²) in [5, 5.41) is 8.96. The van der Waals surface area contributed by atoms with Gasteiger partial charge in [-0.15, -0.1) is 0 Å². The van der Waals surface area contributed by atoms with Crippen molar-refractivity contribution in [2.24, 2.45) is 5.92 Å². The Balaban J connectivity index is 1.90. The van der Waals surface area contributed by atoms with E-state index in [2.05, 4.69) is 6.92 Å². The zero-order valence-electron chi connectivity index (χ0n) is 12.8. The molecule has 21 heavy (non-hydrogen) atoms. The number of aliphatic carboxylic acids is 1. The van der Waals surface area contributed by atoms with Crippen molar-refractivity contribution >= 4 is 12.0 Å². The van der Waals surface area contributed by atoms with Crippen molar-refractivity contribution in [2.75, 3.05) is 32.8 Å². The van der Waals surface area contributed by atoms with E-state index in [1.165, 1.54) is 12.8 Å². The average Bonchev–Trinajstić information content (AvgIpc) is 2.48. The van der Waals surface area contributed by atoms with Crippen LogP contribution in [0.4, 0.5) is 4.79 Å². The fourth-order valence-electron chi connectivity index (χ4n) is 3.28. The minimum Gasteiger partial charge on any atom is -0.481 e. The van der Waals surface area contributed by atoms with Gasteiger partial charge in [-0.05, 0) is 18.8 Å². The molecule has 1 atom stereocenters. The first kappa shape index (κ1) is 16.1. The Hall–Kier alpha value is -1.30. The van der Waals surface area contributed by atoms with E-state index in [9.17, 15) is 9.59 Å². The van der Waals surface area contributed by atoms with Gasteiger partial charge in [-0.2, -0.15) is 0 Å². The number of carboxylic acid groups (broad SMARTS) is 1. The smallest absolute Gasteiger partial charge is 0.320 e. The largest absolute Gasteiger partial charge is 0.481 e. The summed E-state index contributed by atoms with van der Waals surface area (Å²) in [7, 11) is 0. The van der Waals surface area contributed by atoms with Gasteiger partial charge in [0.1, 0.15) is 0 Å². The van der Waals surface area contributed by atoms with E-state index in [-0.39, 0.29) is 18.5 Å². The van der Waals surface area contributed by atoms with Crippen LogP contribution in [0.25, 0.3) is 0 Å². The summed E-state index contributed by atoms with van der Waals surface area (Å²) >= 11 is 0. The normalized spacial score (nSPS) is 24.1. The molecule has 2 saturated heterocycles. The second-order valence-corrected chi connectivity index (χ2v) is 6.02. The van der Waals surface area contributed by atoms with Crippen LogP contribution in [0.2, 0.25) is 0 Å². The summed E-state index contributed by atoms with van der Waals surface area (Å²) in [4.78, 5) is 27.1. The van der Waals surface area contributed by atoms with Crippen molar-refractivity contribution in [3.8, 4) is 0 Å². The molecule has 6 heteroatoms. The van der Waals surface area contributed by atoms with Crippen molar-refractivity contribution in [3.05, 3.63) is 0 Å². The van der Waals surface area contributed by atoms with Gasteiger partial charge < -0.3 is 19.6 Å². The molecule has 0 aliphatic carbocycles. The highest BCUT2D eigenvalue weighted by Gasteiger charge is 2.33. The molecule has 0 aromatic heterocycles. The zero-order chi connectivity index (χ0) is 15.2. The van der Waals surface area contributed by atoms with Crippen molar-refractivity contribution in [1.82, 2.24) is 9.80 Å². The van der Waals surface area contributed by atoms with Crippen molar-refractivity contribution in [3.63, 3.8) is 0 Å².